The van der Waals surface area contributed by atoms with Gasteiger partial charge in [-0.25, -0.2) is 19.9 Å². The molecule has 0 aliphatic rings. The monoisotopic (exact) mass is 742 g/mol. The van der Waals surface area contributed by atoms with Crippen molar-refractivity contribution in [3.63, 3.8) is 0 Å². The highest BCUT2D eigenvalue weighted by Gasteiger charge is 2.12. The van der Waals surface area contributed by atoms with Gasteiger partial charge < -0.3 is 0 Å². The van der Waals surface area contributed by atoms with Crippen molar-refractivity contribution < 1.29 is 0 Å². The molecule has 5 aromatic carbocycles. The number of rotatable bonds is 4. The van der Waals surface area contributed by atoms with Crippen LogP contribution in [0.1, 0.15) is 0 Å². The number of aromatic nitrogens is 4. The van der Waals surface area contributed by atoms with Gasteiger partial charge in [-0.15, -0.1) is 0 Å². The minimum absolute atomic E-state index is 0.884. The van der Waals surface area contributed by atoms with Crippen LogP contribution in [-0.2, 0) is 0 Å². The van der Waals surface area contributed by atoms with Gasteiger partial charge in [-0.1, -0.05) is 123 Å². The molecule has 226 valence electrons. The van der Waals surface area contributed by atoms with Crippen molar-refractivity contribution in [2.24, 2.45) is 0 Å². The molecule has 0 aliphatic heterocycles. The van der Waals surface area contributed by atoms with Crippen molar-refractivity contribution in [1.82, 2.24) is 19.9 Å². The lowest BCUT2D eigenvalue weighted by atomic mass is 10.0. The number of fused-ring (bicyclic) bond motifs is 6. The summed E-state index contributed by atoms with van der Waals surface area (Å²) in [6.45, 7) is 0. The molecule has 48 heavy (non-hydrogen) atoms. The van der Waals surface area contributed by atoms with Gasteiger partial charge in [0.25, 0.3) is 0 Å². The van der Waals surface area contributed by atoms with Gasteiger partial charge in [-0.2, -0.15) is 0 Å². The highest BCUT2D eigenvalue weighted by Crippen LogP contribution is 2.33. The van der Waals surface area contributed by atoms with Crippen molar-refractivity contribution in [3.8, 4) is 45.0 Å². The van der Waals surface area contributed by atoms with Crippen LogP contribution in [0.15, 0.2) is 155 Å². The van der Waals surface area contributed by atoms with Crippen molar-refractivity contribution in [2.75, 3.05) is 0 Å². The molecule has 9 aromatic rings. The summed E-state index contributed by atoms with van der Waals surface area (Å²) < 4.78 is 2.05. The summed E-state index contributed by atoms with van der Waals surface area (Å²) in [5.41, 5.74) is 11.3. The molecule has 0 saturated carbocycles. The van der Waals surface area contributed by atoms with Crippen LogP contribution in [-0.4, -0.2) is 19.9 Å². The van der Waals surface area contributed by atoms with Gasteiger partial charge in [0.05, 0.1) is 44.8 Å². The molecule has 0 N–H and O–H groups in total. The van der Waals surface area contributed by atoms with Crippen LogP contribution in [0.4, 0.5) is 0 Å². The van der Waals surface area contributed by atoms with E-state index in [1.165, 1.54) is 0 Å². The minimum atomic E-state index is 0.884. The summed E-state index contributed by atoms with van der Waals surface area (Å²) in [5.74, 6) is 0. The Morgan fingerprint density at radius 3 is 0.875 bits per heavy atom. The Bertz CT molecular complexity index is 2540. The molecule has 6 heteroatoms. The number of pyridine rings is 4. The van der Waals surface area contributed by atoms with E-state index in [-0.39, 0.29) is 0 Å². The van der Waals surface area contributed by atoms with Crippen molar-refractivity contribution in [1.29, 1.82) is 0 Å². The van der Waals surface area contributed by atoms with Crippen LogP contribution in [0.25, 0.3) is 88.6 Å². The normalized spacial score (nSPS) is 11.5. The molecule has 0 radical (unpaired) electrons. The van der Waals surface area contributed by atoms with E-state index in [1.54, 1.807) is 0 Å². The van der Waals surface area contributed by atoms with Gasteiger partial charge in [0.2, 0.25) is 0 Å². The fourth-order valence-corrected chi connectivity index (χ4v) is 7.11. The second-order valence-corrected chi connectivity index (χ2v) is 13.6. The predicted molar refractivity (Wildman–Crippen MR) is 205 cm³/mol. The quantitative estimate of drug-likeness (QED) is 0.168. The molecule has 4 nitrogen and oxygen atoms in total. The second kappa shape index (κ2) is 11.7. The summed E-state index contributed by atoms with van der Waals surface area (Å²) in [7, 11) is 0. The first-order chi connectivity index (χ1) is 23.6. The second-order valence-electron chi connectivity index (χ2n) is 11.8. The zero-order valence-electron chi connectivity index (χ0n) is 25.4. The molecule has 0 amide bonds. The Morgan fingerprint density at radius 1 is 0.292 bits per heavy atom. The molecular formula is C42H24Br2N4. The van der Waals surface area contributed by atoms with Gasteiger partial charge in [-0.05, 0) is 54.6 Å². The molecule has 9 rings (SSSR count). The Labute approximate surface area is 293 Å². The Kier molecular flexibility index (Phi) is 7.07. The molecule has 4 heterocycles. The lowest BCUT2D eigenvalue weighted by Gasteiger charge is -2.10. The van der Waals surface area contributed by atoms with Crippen LogP contribution in [0.2, 0.25) is 0 Å². The zero-order chi connectivity index (χ0) is 32.2. The molecule has 0 atom stereocenters. The lowest BCUT2D eigenvalue weighted by Crippen LogP contribution is -1.92. The van der Waals surface area contributed by atoms with E-state index in [4.69, 9.17) is 19.9 Å². The van der Waals surface area contributed by atoms with E-state index in [2.05, 4.69) is 153 Å². The number of hydrogen-bond donors (Lipinski definition) is 0. The molecule has 0 spiro atoms. The summed E-state index contributed by atoms with van der Waals surface area (Å²) in [5, 5.41) is 4.23. The van der Waals surface area contributed by atoms with Gasteiger partial charge >= 0.3 is 0 Å². The SMILES string of the molecule is Brc1cccc(-c2ccc3ccc4ccc(-c5cccc(-c6ccc7ccc8ccc(-c9cccc(Br)c9)nc8c7n6)c5)nc4c3n2)c1. The molecule has 0 unspecified atom stereocenters. The van der Waals surface area contributed by atoms with Crippen LogP contribution >= 0.6 is 31.9 Å². The molecule has 0 fully saturated rings. The van der Waals surface area contributed by atoms with Gasteiger partial charge in [0, 0.05) is 52.7 Å². The first kappa shape index (κ1) is 28.9. The van der Waals surface area contributed by atoms with Gasteiger partial charge in [-0.3, -0.25) is 0 Å². The fraction of sp³-hybridized carbons (Fsp3) is 0. The smallest absolute Gasteiger partial charge is 0.0972 e. The van der Waals surface area contributed by atoms with Crippen molar-refractivity contribution in [2.45, 2.75) is 0 Å². The van der Waals surface area contributed by atoms with Crippen LogP contribution in [0.3, 0.4) is 0 Å². The highest BCUT2D eigenvalue weighted by molar-refractivity contribution is 9.10. The topological polar surface area (TPSA) is 51.6 Å². The van der Waals surface area contributed by atoms with E-state index in [0.717, 1.165) is 97.6 Å². The fourth-order valence-electron chi connectivity index (χ4n) is 6.31. The van der Waals surface area contributed by atoms with E-state index in [0.29, 0.717) is 0 Å². The Hall–Kier alpha value is -5.30. The third-order valence-electron chi connectivity index (χ3n) is 8.73. The largest absolute Gasteiger partial charge is 0.245 e. The number of hydrogen-bond acceptors (Lipinski definition) is 4. The van der Waals surface area contributed by atoms with Crippen molar-refractivity contribution >= 4 is 75.5 Å². The van der Waals surface area contributed by atoms with E-state index < -0.39 is 0 Å². The number of halogens is 2. The maximum absolute atomic E-state index is 5.19. The zero-order valence-corrected chi connectivity index (χ0v) is 28.6. The summed E-state index contributed by atoms with van der Waals surface area (Å²) in [6, 6.07) is 50.2. The first-order valence-corrected chi connectivity index (χ1v) is 17.2. The Balaban J connectivity index is 1.14. The van der Waals surface area contributed by atoms with Gasteiger partial charge in [0.15, 0.2) is 0 Å². The third kappa shape index (κ3) is 5.23. The van der Waals surface area contributed by atoms with E-state index in [9.17, 15) is 0 Å². The van der Waals surface area contributed by atoms with Crippen LogP contribution in [0, 0.1) is 0 Å². The Morgan fingerprint density at radius 2 is 0.562 bits per heavy atom. The third-order valence-corrected chi connectivity index (χ3v) is 9.72. The molecule has 0 bridgehead atoms. The standard InChI is InChI=1S/C42H24Br2N4/c43-33-8-2-6-31(23-33)37-20-16-27-12-10-25-14-18-35(45-39(25)41(27)47-37)29-4-1-5-30(22-29)36-19-15-26-11-13-28-17-21-38(48-42(28)40(26)46-36)32-7-3-9-34(44)24-32/h1-24H. The molecule has 0 saturated heterocycles. The average Bonchev–Trinajstić information content (AvgIpc) is 3.14. The summed E-state index contributed by atoms with van der Waals surface area (Å²) in [4.78, 5) is 20.6. The molecule has 4 aromatic heterocycles. The highest BCUT2D eigenvalue weighted by atomic mass is 79.9. The average molecular weight is 744 g/mol. The van der Waals surface area contributed by atoms with Crippen LogP contribution in [0.5, 0.6) is 0 Å². The summed E-state index contributed by atoms with van der Waals surface area (Å²) in [6.07, 6.45) is 0. The first-order valence-electron chi connectivity index (χ1n) is 15.6. The molecule has 0 aliphatic carbocycles. The lowest BCUT2D eigenvalue weighted by molar-refractivity contribution is 1.35. The van der Waals surface area contributed by atoms with E-state index >= 15 is 0 Å². The maximum atomic E-state index is 5.19. The minimum Gasteiger partial charge on any atom is -0.245 e. The maximum Gasteiger partial charge on any atom is 0.0972 e. The van der Waals surface area contributed by atoms with Crippen LogP contribution < -0.4 is 0 Å². The van der Waals surface area contributed by atoms with E-state index in [1.807, 2.05) is 24.3 Å². The number of benzene rings is 5. The van der Waals surface area contributed by atoms with Gasteiger partial charge in [0.1, 0.15) is 0 Å². The van der Waals surface area contributed by atoms with Crippen molar-refractivity contribution in [3.05, 3.63) is 155 Å². The molecular weight excluding hydrogens is 720 g/mol. The summed E-state index contributed by atoms with van der Waals surface area (Å²) >= 11 is 7.19. The predicted octanol–water partition coefficient (Wildman–Crippen LogP) is 12.1. The number of nitrogens with zero attached hydrogens (tertiary/aromatic N) is 4.